The van der Waals surface area contributed by atoms with Gasteiger partial charge in [0.25, 0.3) is 5.91 Å². The Labute approximate surface area is 120 Å². The molecule has 0 saturated carbocycles. The van der Waals surface area contributed by atoms with Crippen LogP contribution in [0, 0.1) is 6.92 Å². The van der Waals surface area contributed by atoms with Crippen molar-refractivity contribution in [3.8, 4) is 0 Å². The Morgan fingerprint density at radius 1 is 1.56 bits per heavy atom. The molecule has 3 nitrogen and oxygen atoms in total. The first-order valence-electron chi connectivity index (χ1n) is 5.87. The summed E-state index contributed by atoms with van der Waals surface area (Å²) in [5.41, 5.74) is 7.47. The highest BCUT2D eigenvalue weighted by Crippen LogP contribution is 2.23. The molecule has 0 aromatic heterocycles. The van der Waals surface area contributed by atoms with Gasteiger partial charge in [0.05, 0.1) is 11.0 Å². The van der Waals surface area contributed by atoms with Crippen LogP contribution in [0.25, 0.3) is 0 Å². The summed E-state index contributed by atoms with van der Waals surface area (Å²) in [5.74, 6) is 0.00556. The SMILES string of the molecule is Cc1ccc(C(=O)N2CCCC2C(N)=S)cc1Br. The summed E-state index contributed by atoms with van der Waals surface area (Å²) < 4.78 is 0.944. The molecule has 2 N–H and O–H groups in total. The minimum absolute atomic E-state index is 0.00556. The van der Waals surface area contributed by atoms with Crippen molar-refractivity contribution in [3.63, 3.8) is 0 Å². The fraction of sp³-hybridized carbons (Fsp3) is 0.385. The molecule has 2 rings (SSSR count). The Balaban J connectivity index is 2.25. The van der Waals surface area contributed by atoms with Crippen molar-refractivity contribution in [2.24, 2.45) is 5.73 Å². The van der Waals surface area contributed by atoms with Crippen LogP contribution in [-0.2, 0) is 0 Å². The Kier molecular flexibility index (Phi) is 4.02. The van der Waals surface area contributed by atoms with Crippen LogP contribution >= 0.6 is 28.1 Å². The molecular formula is C13H15BrN2OS. The predicted octanol–water partition coefficient (Wildman–Crippen LogP) is 2.65. The molecule has 1 saturated heterocycles. The number of hydrogen-bond acceptors (Lipinski definition) is 2. The second-order valence-electron chi connectivity index (χ2n) is 4.52. The van der Waals surface area contributed by atoms with E-state index in [0.29, 0.717) is 10.6 Å². The van der Waals surface area contributed by atoms with Gasteiger partial charge in [0.1, 0.15) is 0 Å². The zero-order valence-corrected chi connectivity index (χ0v) is 12.6. The molecule has 18 heavy (non-hydrogen) atoms. The number of rotatable bonds is 2. The van der Waals surface area contributed by atoms with Gasteiger partial charge in [-0.05, 0) is 37.5 Å². The van der Waals surface area contributed by atoms with Crippen molar-refractivity contribution in [2.45, 2.75) is 25.8 Å². The number of benzene rings is 1. The number of thiocarbonyl (C=S) groups is 1. The topological polar surface area (TPSA) is 46.3 Å². The van der Waals surface area contributed by atoms with Gasteiger partial charge in [0.15, 0.2) is 0 Å². The molecule has 1 unspecified atom stereocenters. The van der Waals surface area contributed by atoms with Gasteiger partial charge in [0.2, 0.25) is 0 Å². The van der Waals surface area contributed by atoms with Crippen LogP contribution < -0.4 is 5.73 Å². The number of likely N-dealkylation sites (tertiary alicyclic amines) is 1. The normalized spacial score (nSPS) is 19.0. The molecule has 1 aliphatic heterocycles. The lowest BCUT2D eigenvalue weighted by Crippen LogP contribution is -2.42. The third kappa shape index (κ3) is 2.57. The van der Waals surface area contributed by atoms with E-state index in [2.05, 4.69) is 15.9 Å². The van der Waals surface area contributed by atoms with Gasteiger partial charge in [-0.25, -0.2) is 0 Å². The van der Waals surface area contributed by atoms with Crippen LogP contribution in [0.15, 0.2) is 22.7 Å². The van der Waals surface area contributed by atoms with Crippen LogP contribution in [0.1, 0.15) is 28.8 Å². The third-order valence-corrected chi connectivity index (χ3v) is 4.39. The van der Waals surface area contributed by atoms with Gasteiger partial charge < -0.3 is 10.6 Å². The molecule has 0 bridgehead atoms. The highest BCUT2D eigenvalue weighted by molar-refractivity contribution is 9.10. The first kappa shape index (κ1) is 13.5. The molecule has 5 heteroatoms. The van der Waals surface area contributed by atoms with Crippen LogP contribution in [0.2, 0.25) is 0 Å². The summed E-state index contributed by atoms with van der Waals surface area (Å²) in [7, 11) is 0. The molecule has 0 radical (unpaired) electrons. The monoisotopic (exact) mass is 326 g/mol. The van der Waals surface area contributed by atoms with Gasteiger partial charge in [0, 0.05) is 16.6 Å². The van der Waals surface area contributed by atoms with Crippen LogP contribution in [-0.4, -0.2) is 28.4 Å². The zero-order valence-electron chi connectivity index (χ0n) is 10.1. The van der Waals surface area contributed by atoms with Crippen molar-refractivity contribution < 1.29 is 4.79 Å². The first-order chi connectivity index (χ1) is 8.50. The summed E-state index contributed by atoms with van der Waals surface area (Å²) in [4.78, 5) is 14.6. The van der Waals surface area contributed by atoms with E-state index in [9.17, 15) is 4.79 Å². The molecule has 1 aliphatic rings. The molecule has 1 aromatic carbocycles. The molecule has 0 spiro atoms. The second kappa shape index (κ2) is 5.36. The lowest BCUT2D eigenvalue weighted by Gasteiger charge is -2.24. The molecular weight excluding hydrogens is 312 g/mol. The average Bonchev–Trinajstić information content (AvgIpc) is 2.81. The second-order valence-corrected chi connectivity index (χ2v) is 5.85. The molecule has 96 valence electrons. The average molecular weight is 327 g/mol. The number of amides is 1. The Morgan fingerprint density at radius 2 is 2.28 bits per heavy atom. The summed E-state index contributed by atoms with van der Waals surface area (Å²) in [6, 6.07) is 5.54. The van der Waals surface area contributed by atoms with E-state index in [4.69, 9.17) is 18.0 Å². The predicted molar refractivity (Wildman–Crippen MR) is 79.7 cm³/mol. The van der Waals surface area contributed by atoms with Crippen LogP contribution in [0.3, 0.4) is 0 Å². The van der Waals surface area contributed by atoms with Crippen molar-refractivity contribution in [3.05, 3.63) is 33.8 Å². The van der Waals surface area contributed by atoms with E-state index in [1.807, 2.05) is 25.1 Å². The Morgan fingerprint density at radius 3 is 2.89 bits per heavy atom. The summed E-state index contributed by atoms with van der Waals surface area (Å²) in [6.07, 6.45) is 1.83. The van der Waals surface area contributed by atoms with Gasteiger partial charge in [-0.3, -0.25) is 4.79 Å². The minimum Gasteiger partial charge on any atom is -0.392 e. The minimum atomic E-state index is -0.0902. The maximum Gasteiger partial charge on any atom is 0.254 e. The number of carbonyl (C=O) groups excluding carboxylic acids is 1. The molecule has 1 aromatic rings. The van der Waals surface area contributed by atoms with E-state index < -0.39 is 0 Å². The third-order valence-electron chi connectivity index (χ3n) is 3.26. The number of hydrogen-bond donors (Lipinski definition) is 1. The van der Waals surface area contributed by atoms with E-state index in [1.54, 1.807) is 4.90 Å². The maximum absolute atomic E-state index is 12.4. The summed E-state index contributed by atoms with van der Waals surface area (Å²) in [5, 5.41) is 0. The van der Waals surface area contributed by atoms with E-state index in [-0.39, 0.29) is 11.9 Å². The Hall–Kier alpha value is -0.940. The molecule has 1 atom stereocenters. The highest BCUT2D eigenvalue weighted by atomic mass is 79.9. The summed E-state index contributed by atoms with van der Waals surface area (Å²) >= 11 is 8.47. The van der Waals surface area contributed by atoms with Crippen molar-refractivity contribution in [1.82, 2.24) is 4.90 Å². The van der Waals surface area contributed by atoms with Gasteiger partial charge >= 0.3 is 0 Å². The number of nitrogens with two attached hydrogens (primary N) is 1. The fourth-order valence-electron chi connectivity index (χ4n) is 2.20. The zero-order chi connectivity index (χ0) is 13.3. The smallest absolute Gasteiger partial charge is 0.254 e. The van der Waals surface area contributed by atoms with Crippen molar-refractivity contribution in [1.29, 1.82) is 0 Å². The first-order valence-corrected chi connectivity index (χ1v) is 7.07. The maximum atomic E-state index is 12.4. The fourth-order valence-corrected chi connectivity index (χ4v) is 2.82. The number of nitrogens with zero attached hydrogens (tertiary/aromatic N) is 1. The quantitative estimate of drug-likeness (QED) is 0.850. The molecule has 1 fully saturated rings. The van der Waals surface area contributed by atoms with Crippen LogP contribution in [0.5, 0.6) is 0 Å². The van der Waals surface area contributed by atoms with E-state index >= 15 is 0 Å². The lowest BCUT2D eigenvalue weighted by atomic mass is 10.1. The number of aryl methyl sites for hydroxylation is 1. The summed E-state index contributed by atoms with van der Waals surface area (Å²) in [6.45, 7) is 2.72. The lowest BCUT2D eigenvalue weighted by molar-refractivity contribution is 0.0770. The van der Waals surface area contributed by atoms with Crippen molar-refractivity contribution >= 4 is 39.0 Å². The highest BCUT2D eigenvalue weighted by Gasteiger charge is 2.31. The van der Waals surface area contributed by atoms with Gasteiger partial charge in [-0.2, -0.15) is 0 Å². The largest absolute Gasteiger partial charge is 0.392 e. The Bertz CT molecular complexity index is 504. The number of halogens is 1. The number of carbonyl (C=O) groups is 1. The molecule has 1 heterocycles. The van der Waals surface area contributed by atoms with E-state index in [0.717, 1.165) is 29.4 Å². The van der Waals surface area contributed by atoms with Crippen molar-refractivity contribution in [2.75, 3.05) is 6.54 Å². The van der Waals surface area contributed by atoms with Gasteiger partial charge in [-0.1, -0.05) is 34.2 Å². The van der Waals surface area contributed by atoms with Gasteiger partial charge in [-0.15, -0.1) is 0 Å². The molecule has 1 amide bonds. The molecule has 0 aliphatic carbocycles. The van der Waals surface area contributed by atoms with E-state index in [1.165, 1.54) is 0 Å². The van der Waals surface area contributed by atoms with Crippen LogP contribution in [0.4, 0.5) is 0 Å². The standard InChI is InChI=1S/C13H15BrN2OS/c1-8-4-5-9(7-10(8)14)13(17)16-6-2-3-11(16)12(15)18/h4-5,7,11H,2-3,6H2,1H3,(H2,15,18).